The summed E-state index contributed by atoms with van der Waals surface area (Å²) in [4.78, 5) is 0. The molecule has 1 heteroatoms. The first-order valence-electron chi connectivity index (χ1n) is 4.23. The molecule has 0 amide bonds. The zero-order valence-electron chi connectivity index (χ0n) is 6.89. The second-order valence-corrected chi connectivity index (χ2v) is 4.20. The van der Waals surface area contributed by atoms with Gasteiger partial charge in [-0.3, -0.25) is 0 Å². The van der Waals surface area contributed by atoms with Crippen molar-refractivity contribution in [3.05, 3.63) is 41.0 Å². The molecule has 2 rings (SSSR count). The van der Waals surface area contributed by atoms with Crippen molar-refractivity contribution in [2.45, 2.75) is 12.8 Å². The molecule has 0 aliphatic heterocycles. The van der Waals surface area contributed by atoms with Crippen LogP contribution in [0.5, 0.6) is 0 Å². The molecule has 1 aromatic carbocycles. The number of alkyl halides is 1. The third-order valence-electron chi connectivity index (χ3n) is 2.25. The second-order valence-electron chi connectivity index (χ2n) is 3.12. The van der Waals surface area contributed by atoms with Crippen LogP contribution in [0.1, 0.15) is 17.5 Å². The number of halogens is 1. The molecule has 62 valence electrons. The monoisotopic (exact) mass is 270 g/mol. The molecule has 0 aromatic heterocycles. The fourth-order valence-electron chi connectivity index (χ4n) is 1.63. The topological polar surface area (TPSA) is 0 Å². The zero-order valence-corrected chi connectivity index (χ0v) is 9.04. The van der Waals surface area contributed by atoms with Crippen LogP contribution in [0.2, 0.25) is 0 Å². The molecular weight excluding hydrogens is 259 g/mol. The van der Waals surface area contributed by atoms with Crippen LogP contribution < -0.4 is 0 Å². The SMILES string of the molecule is ICCC1=Cc2ccccc2C1. The van der Waals surface area contributed by atoms with Crippen molar-refractivity contribution in [2.24, 2.45) is 0 Å². The van der Waals surface area contributed by atoms with Gasteiger partial charge in [0.1, 0.15) is 0 Å². The molecule has 0 atom stereocenters. The highest BCUT2D eigenvalue weighted by molar-refractivity contribution is 14.1. The van der Waals surface area contributed by atoms with Crippen molar-refractivity contribution in [3.63, 3.8) is 0 Å². The quantitative estimate of drug-likeness (QED) is 0.570. The predicted octanol–water partition coefficient (Wildman–Crippen LogP) is 3.45. The molecule has 1 aliphatic rings. The highest BCUT2D eigenvalue weighted by Gasteiger charge is 2.09. The van der Waals surface area contributed by atoms with Gasteiger partial charge in [0.05, 0.1) is 0 Å². The van der Waals surface area contributed by atoms with Gasteiger partial charge >= 0.3 is 0 Å². The maximum Gasteiger partial charge on any atom is 0.00328 e. The Morgan fingerprint density at radius 2 is 2.08 bits per heavy atom. The summed E-state index contributed by atoms with van der Waals surface area (Å²) in [6.45, 7) is 0. The molecule has 1 aliphatic carbocycles. The molecule has 0 spiro atoms. The summed E-state index contributed by atoms with van der Waals surface area (Å²) < 4.78 is 1.23. The molecule has 1 aromatic rings. The van der Waals surface area contributed by atoms with Crippen LogP contribution in [0.25, 0.3) is 6.08 Å². The predicted molar refractivity (Wildman–Crippen MR) is 61.6 cm³/mol. The average molecular weight is 270 g/mol. The fourth-order valence-corrected chi connectivity index (χ4v) is 2.33. The van der Waals surface area contributed by atoms with Crippen LogP contribution in [0.3, 0.4) is 0 Å². The molecule has 0 saturated carbocycles. The van der Waals surface area contributed by atoms with E-state index in [1.807, 2.05) is 0 Å². The van der Waals surface area contributed by atoms with Gasteiger partial charge < -0.3 is 0 Å². The highest BCUT2D eigenvalue weighted by atomic mass is 127. The Morgan fingerprint density at radius 1 is 1.25 bits per heavy atom. The maximum absolute atomic E-state index is 2.44. The van der Waals surface area contributed by atoms with Gasteiger partial charge in [-0.05, 0) is 24.0 Å². The van der Waals surface area contributed by atoms with E-state index in [9.17, 15) is 0 Å². The van der Waals surface area contributed by atoms with Gasteiger partial charge in [-0.15, -0.1) is 0 Å². The van der Waals surface area contributed by atoms with E-state index in [2.05, 4.69) is 52.9 Å². The van der Waals surface area contributed by atoms with Gasteiger partial charge in [0.15, 0.2) is 0 Å². The summed E-state index contributed by atoms with van der Waals surface area (Å²) >= 11 is 2.44. The van der Waals surface area contributed by atoms with Crippen LogP contribution in [-0.4, -0.2) is 4.43 Å². The highest BCUT2D eigenvalue weighted by Crippen LogP contribution is 2.26. The molecule has 0 radical (unpaired) electrons. The summed E-state index contributed by atoms with van der Waals surface area (Å²) in [6, 6.07) is 8.67. The third-order valence-corrected chi connectivity index (χ3v) is 2.79. The lowest BCUT2D eigenvalue weighted by Crippen LogP contribution is -1.84. The third kappa shape index (κ3) is 1.56. The van der Waals surface area contributed by atoms with E-state index in [1.165, 1.54) is 28.4 Å². The Bertz CT molecular complexity index is 313. The second kappa shape index (κ2) is 3.60. The molecule has 0 fully saturated rings. The Kier molecular flexibility index (Phi) is 2.49. The summed E-state index contributed by atoms with van der Waals surface area (Å²) in [5.74, 6) is 0. The van der Waals surface area contributed by atoms with E-state index in [4.69, 9.17) is 0 Å². The standard InChI is InChI=1S/C11H11I/c12-6-5-9-7-10-3-1-2-4-11(10)8-9/h1-4,7H,5-6,8H2. The smallest absolute Gasteiger partial charge is 0.00328 e. The Labute approximate surface area is 86.8 Å². The van der Waals surface area contributed by atoms with Gasteiger partial charge in [0.2, 0.25) is 0 Å². The number of hydrogen-bond acceptors (Lipinski definition) is 0. The first-order valence-corrected chi connectivity index (χ1v) is 5.76. The van der Waals surface area contributed by atoms with E-state index in [0.717, 1.165) is 0 Å². The molecule has 0 heterocycles. The van der Waals surface area contributed by atoms with Crippen molar-refractivity contribution in [1.82, 2.24) is 0 Å². The lowest BCUT2D eigenvalue weighted by molar-refractivity contribution is 1.06. The Balaban J connectivity index is 2.23. The minimum atomic E-state index is 1.18. The molecule has 12 heavy (non-hydrogen) atoms. The fraction of sp³-hybridized carbons (Fsp3) is 0.273. The largest absolute Gasteiger partial charge is 0.0860 e. The first-order chi connectivity index (χ1) is 5.90. The van der Waals surface area contributed by atoms with Gasteiger partial charge in [-0.25, -0.2) is 0 Å². The minimum absolute atomic E-state index is 1.18. The lowest BCUT2D eigenvalue weighted by atomic mass is 10.1. The van der Waals surface area contributed by atoms with E-state index in [0.29, 0.717) is 0 Å². The summed E-state index contributed by atoms with van der Waals surface area (Å²) in [5.41, 5.74) is 4.51. The number of rotatable bonds is 2. The van der Waals surface area contributed by atoms with E-state index < -0.39 is 0 Å². The van der Waals surface area contributed by atoms with Crippen LogP contribution >= 0.6 is 22.6 Å². The van der Waals surface area contributed by atoms with Gasteiger partial charge in [0, 0.05) is 4.43 Å². The van der Waals surface area contributed by atoms with Gasteiger partial charge in [-0.1, -0.05) is 58.5 Å². The summed E-state index contributed by atoms with van der Waals surface area (Å²) in [7, 11) is 0. The summed E-state index contributed by atoms with van der Waals surface area (Å²) in [6.07, 6.45) is 4.77. The van der Waals surface area contributed by atoms with Crippen LogP contribution in [-0.2, 0) is 6.42 Å². The number of hydrogen-bond donors (Lipinski definition) is 0. The van der Waals surface area contributed by atoms with Crippen LogP contribution in [0, 0.1) is 0 Å². The van der Waals surface area contributed by atoms with Crippen molar-refractivity contribution in [1.29, 1.82) is 0 Å². The van der Waals surface area contributed by atoms with E-state index >= 15 is 0 Å². The lowest BCUT2D eigenvalue weighted by Gasteiger charge is -1.96. The molecular formula is C11H11I. The van der Waals surface area contributed by atoms with Crippen molar-refractivity contribution in [3.8, 4) is 0 Å². The molecule has 0 N–H and O–H groups in total. The van der Waals surface area contributed by atoms with Crippen molar-refractivity contribution < 1.29 is 0 Å². The number of fused-ring (bicyclic) bond motifs is 1. The zero-order chi connectivity index (χ0) is 8.39. The van der Waals surface area contributed by atoms with Gasteiger partial charge in [0.25, 0.3) is 0 Å². The molecule has 0 saturated heterocycles. The molecule has 0 bridgehead atoms. The number of allylic oxidation sites excluding steroid dienone is 1. The summed E-state index contributed by atoms with van der Waals surface area (Å²) in [5, 5.41) is 0. The Morgan fingerprint density at radius 3 is 2.83 bits per heavy atom. The van der Waals surface area contributed by atoms with Crippen molar-refractivity contribution >= 4 is 28.7 Å². The maximum atomic E-state index is 2.44. The van der Waals surface area contributed by atoms with Crippen LogP contribution in [0.4, 0.5) is 0 Å². The van der Waals surface area contributed by atoms with Gasteiger partial charge in [-0.2, -0.15) is 0 Å². The van der Waals surface area contributed by atoms with Crippen molar-refractivity contribution in [2.75, 3.05) is 4.43 Å². The van der Waals surface area contributed by atoms with E-state index in [-0.39, 0.29) is 0 Å². The first kappa shape index (κ1) is 8.30. The Hall–Kier alpha value is -0.310. The normalized spacial score (nSPS) is 14.2. The van der Waals surface area contributed by atoms with Crippen LogP contribution in [0.15, 0.2) is 29.8 Å². The molecule has 0 nitrogen and oxygen atoms in total. The average Bonchev–Trinajstić information content (AvgIpc) is 2.47. The number of benzene rings is 1. The minimum Gasteiger partial charge on any atom is -0.0860 e. The molecule has 0 unspecified atom stereocenters. The van der Waals surface area contributed by atoms with E-state index in [1.54, 1.807) is 5.57 Å².